The van der Waals surface area contributed by atoms with Crippen LogP contribution in [0.1, 0.15) is 30.9 Å². The van der Waals surface area contributed by atoms with Gasteiger partial charge >= 0.3 is 5.69 Å². The number of pyridine rings is 1. The lowest BCUT2D eigenvalue weighted by atomic mass is 10.2. The molecule has 0 fully saturated rings. The summed E-state index contributed by atoms with van der Waals surface area (Å²) in [7, 11) is 2.85. The lowest BCUT2D eigenvalue weighted by Crippen LogP contribution is -2.39. The van der Waals surface area contributed by atoms with Gasteiger partial charge in [0, 0.05) is 32.4 Å². The Balaban J connectivity index is 2.30. The monoisotopic (exact) mass is 343 g/mol. The molecule has 0 aliphatic carbocycles. The van der Waals surface area contributed by atoms with Gasteiger partial charge in [0.1, 0.15) is 11.9 Å². The van der Waals surface area contributed by atoms with E-state index in [9.17, 15) is 14.9 Å². The van der Waals surface area contributed by atoms with Crippen LogP contribution in [0.3, 0.4) is 0 Å². The molecule has 2 aromatic heterocycles. The predicted octanol–water partition coefficient (Wildman–Crippen LogP) is 1.14. The molecule has 0 saturated heterocycles. The molecule has 2 rings (SSSR count). The van der Waals surface area contributed by atoms with Gasteiger partial charge in [0.05, 0.1) is 6.61 Å². The second-order valence-electron chi connectivity index (χ2n) is 5.56. The molecule has 25 heavy (non-hydrogen) atoms. The number of hydrogen-bond acceptors (Lipinski definition) is 6. The summed E-state index contributed by atoms with van der Waals surface area (Å²) in [5.41, 5.74) is -0.464. The Kier molecular flexibility index (Phi) is 5.95. The van der Waals surface area contributed by atoms with Gasteiger partial charge in [-0.2, -0.15) is 5.26 Å². The summed E-state index contributed by atoms with van der Waals surface area (Å²) in [4.78, 5) is 28.4. The first-order chi connectivity index (χ1) is 12.0. The average molecular weight is 343 g/mol. The van der Waals surface area contributed by atoms with Crippen LogP contribution in [0.15, 0.2) is 27.9 Å². The zero-order valence-corrected chi connectivity index (χ0v) is 14.6. The maximum atomic E-state index is 12.1. The minimum absolute atomic E-state index is 0.109. The SMILES string of the molecule is CCCCOc1ncccc1CNc1c(C#N)c(=O)n(C)c(=O)n1C. The van der Waals surface area contributed by atoms with E-state index >= 15 is 0 Å². The maximum absolute atomic E-state index is 12.1. The van der Waals surface area contributed by atoms with Gasteiger partial charge in [-0.15, -0.1) is 0 Å². The van der Waals surface area contributed by atoms with Gasteiger partial charge in [0.2, 0.25) is 5.88 Å². The molecule has 2 heterocycles. The maximum Gasteiger partial charge on any atom is 0.332 e. The highest BCUT2D eigenvalue weighted by Gasteiger charge is 2.15. The zero-order valence-electron chi connectivity index (χ0n) is 14.6. The van der Waals surface area contributed by atoms with Crippen LogP contribution in [-0.2, 0) is 20.6 Å². The van der Waals surface area contributed by atoms with Crippen molar-refractivity contribution >= 4 is 5.82 Å². The van der Waals surface area contributed by atoms with Crippen molar-refractivity contribution in [3.05, 3.63) is 50.3 Å². The molecular weight excluding hydrogens is 322 g/mol. The van der Waals surface area contributed by atoms with Crippen molar-refractivity contribution in [1.82, 2.24) is 14.1 Å². The molecular formula is C17H21N5O3. The van der Waals surface area contributed by atoms with Crippen LogP contribution in [0.2, 0.25) is 0 Å². The Bertz CT molecular complexity index is 908. The lowest BCUT2D eigenvalue weighted by molar-refractivity contribution is 0.295. The van der Waals surface area contributed by atoms with E-state index < -0.39 is 11.2 Å². The molecule has 0 aliphatic heterocycles. The fraction of sp³-hybridized carbons (Fsp3) is 0.412. The molecule has 0 unspecified atom stereocenters. The van der Waals surface area contributed by atoms with Gasteiger partial charge in [-0.25, -0.2) is 9.78 Å². The van der Waals surface area contributed by atoms with E-state index in [4.69, 9.17) is 4.74 Å². The molecule has 0 amide bonds. The average Bonchev–Trinajstić information content (AvgIpc) is 2.63. The number of nitriles is 1. The van der Waals surface area contributed by atoms with Crippen molar-refractivity contribution in [1.29, 1.82) is 5.26 Å². The van der Waals surface area contributed by atoms with Crippen LogP contribution >= 0.6 is 0 Å². The number of aromatic nitrogens is 3. The molecule has 0 aromatic carbocycles. The first kappa shape index (κ1) is 18.3. The quantitative estimate of drug-likeness (QED) is 0.757. The molecule has 2 aromatic rings. The standard InChI is InChI=1S/C17H21N5O3/c1-4-5-9-25-15-12(7-6-8-19-15)11-20-14-13(10-18)16(23)22(3)17(24)21(14)2/h6-8,20H,4-5,9,11H2,1-3H3. The van der Waals surface area contributed by atoms with Crippen molar-refractivity contribution in [2.24, 2.45) is 14.1 Å². The van der Waals surface area contributed by atoms with Crippen LogP contribution in [-0.4, -0.2) is 20.7 Å². The highest BCUT2D eigenvalue weighted by atomic mass is 16.5. The van der Waals surface area contributed by atoms with Gasteiger partial charge in [0.15, 0.2) is 5.56 Å². The molecule has 132 valence electrons. The van der Waals surface area contributed by atoms with Crippen molar-refractivity contribution < 1.29 is 4.74 Å². The summed E-state index contributed by atoms with van der Waals surface area (Å²) in [6.45, 7) is 2.91. The highest BCUT2D eigenvalue weighted by molar-refractivity contribution is 5.51. The van der Waals surface area contributed by atoms with E-state index in [0.717, 1.165) is 23.0 Å². The molecule has 0 bridgehead atoms. The largest absolute Gasteiger partial charge is 0.477 e. The lowest BCUT2D eigenvalue weighted by Gasteiger charge is -2.15. The predicted molar refractivity (Wildman–Crippen MR) is 93.6 cm³/mol. The Morgan fingerprint density at radius 2 is 2.08 bits per heavy atom. The number of nitrogens with zero attached hydrogens (tertiary/aromatic N) is 4. The number of nitrogens with one attached hydrogen (secondary N) is 1. The second-order valence-corrected chi connectivity index (χ2v) is 5.56. The van der Waals surface area contributed by atoms with E-state index in [2.05, 4.69) is 17.2 Å². The summed E-state index contributed by atoms with van der Waals surface area (Å²) in [5.74, 6) is 0.676. The number of anilines is 1. The third-order valence-electron chi connectivity index (χ3n) is 3.81. The van der Waals surface area contributed by atoms with Crippen molar-refractivity contribution in [3.63, 3.8) is 0 Å². The number of ether oxygens (including phenoxy) is 1. The highest BCUT2D eigenvalue weighted by Crippen LogP contribution is 2.17. The molecule has 8 nitrogen and oxygen atoms in total. The molecule has 0 aliphatic rings. The van der Waals surface area contributed by atoms with Gasteiger partial charge in [-0.3, -0.25) is 13.9 Å². The molecule has 0 atom stereocenters. The Morgan fingerprint density at radius 3 is 2.76 bits per heavy atom. The van der Waals surface area contributed by atoms with Crippen LogP contribution < -0.4 is 21.3 Å². The number of unbranched alkanes of at least 4 members (excludes halogenated alkanes) is 1. The van der Waals surface area contributed by atoms with E-state index in [1.165, 1.54) is 18.7 Å². The first-order valence-electron chi connectivity index (χ1n) is 8.01. The van der Waals surface area contributed by atoms with Gasteiger partial charge < -0.3 is 10.1 Å². The van der Waals surface area contributed by atoms with Crippen molar-refractivity contribution in [3.8, 4) is 11.9 Å². The van der Waals surface area contributed by atoms with Gasteiger partial charge in [0.25, 0.3) is 5.56 Å². The Labute approximate surface area is 145 Å². The van der Waals surface area contributed by atoms with Crippen LogP contribution in [0.4, 0.5) is 5.82 Å². The molecule has 0 saturated carbocycles. The second kappa shape index (κ2) is 8.15. The summed E-state index contributed by atoms with van der Waals surface area (Å²) < 4.78 is 7.82. The Morgan fingerprint density at radius 1 is 1.32 bits per heavy atom. The van der Waals surface area contributed by atoms with Gasteiger partial charge in [-0.1, -0.05) is 19.4 Å². The number of rotatable bonds is 7. The fourth-order valence-corrected chi connectivity index (χ4v) is 2.33. The zero-order chi connectivity index (χ0) is 18.4. The van der Waals surface area contributed by atoms with E-state index in [0.29, 0.717) is 12.5 Å². The van der Waals surface area contributed by atoms with E-state index in [1.54, 1.807) is 12.3 Å². The third-order valence-corrected chi connectivity index (χ3v) is 3.81. The molecule has 0 spiro atoms. The van der Waals surface area contributed by atoms with E-state index in [-0.39, 0.29) is 17.9 Å². The summed E-state index contributed by atoms with van der Waals surface area (Å²) in [6, 6.07) is 5.48. The minimum atomic E-state index is -0.626. The molecule has 1 N–H and O–H groups in total. The smallest absolute Gasteiger partial charge is 0.332 e. The summed E-state index contributed by atoms with van der Waals surface area (Å²) in [5, 5.41) is 12.3. The van der Waals surface area contributed by atoms with Crippen molar-refractivity contribution in [2.75, 3.05) is 11.9 Å². The Hall–Kier alpha value is -3.08. The third kappa shape index (κ3) is 3.88. The normalized spacial score (nSPS) is 10.3. The topological polar surface area (TPSA) is 102 Å². The first-order valence-corrected chi connectivity index (χ1v) is 8.01. The fourth-order valence-electron chi connectivity index (χ4n) is 2.33. The molecule has 0 radical (unpaired) electrons. The van der Waals surface area contributed by atoms with E-state index in [1.807, 2.05) is 12.1 Å². The summed E-state index contributed by atoms with van der Waals surface area (Å²) in [6.07, 6.45) is 3.58. The molecule has 8 heteroatoms. The van der Waals surface area contributed by atoms with Crippen LogP contribution in [0.5, 0.6) is 5.88 Å². The van der Waals surface area contributed by atoms with Crippen LogP contribution in [0.25, 0.3) is 0 Å². The minimum Gasteiger partial charge on any atom is -0.477 e. The van der Waals surface area contributed by atoms with Gasteiger partial charge in [-0.05, 0) is 12.5 Å². The summed E-state index contributed by atoms with van der Waals surface area (Å²) >= 11 is 0. The van der Waals surface area contributed by atoms with Crippen LogP contribution in [0, 0.1) is 11.3 Å². The number of hydrogen-bond donors (Lipinski definition) is 1. The van der Waals surface area contributed by atoms with Crippen molar-refractivity contribution in [2.45, 2.75) is 26.3 Å².